The van der Waals surface area contributed by atoms with Crippen molar-refractivity contribution in [3.8, 4) is 11.5 Å². The second-order valence-electron chi connectivity index (χ2n) is 13.7. The number of hydrogen-bond acceptors (Lipinski definition) is 7. The number of hydrogen-bond donors (Lipinski definition) is 6. The van der Waals surface area contributed by atoms with Crippen molar-refractivity contribution in [2.75, 3.05) is 32.7 Å². The Morgan fingerprint density at radius 2 is 1.67 bits per heavy atom. The third-order valence-corrected chi connectivity index (χ3v) is 10.7. The summed E-state index contributed by atoms with van der Waals surface area (Å²) in [6, 6.07) is 32.2. The molecule has 51 heavy (non-hydrogen) atoms. The van der Waals surface area contributed by atoms with Gasteiger partial charge < -0.3 is 40.6 Å². The summed E-state index contributed by atoms with van der Waals surface area (Å²) in [7, 11) is 0. The molecule has 5 aromatic rings. The van der Waals surface area contributed by atoms with Gasteiger partial charge in [-0.1, -0.05) is 72.8 Å². The average molecular weight is 689 g/mol. The van der Waals surface area contributed by atoms with E-state index in [-0.39, 0.29) is 17.2 Å². The summed E-state index contributed by atoms with van der Waals surface area (Å²) in [5.74, 6) is 1.14. The minimum absolute atomic E-state index is 0.0354. The number of aliphatic hydroxyl groups excluding tert-OH is 1. The number of phenols is 1. The van der Waals surface area contributed by atoms with E-state index in [0.29, 0.717) is 47.8 Å². The molecule has 0 saturated carbocycles. The molecule has 0 aliphatic carbocycles. The topological polar surface area (TPSA) is 147 Å². The van der Waals surface area contributed by atoms with E-state index in [0.717, 1.165) is 61.2 Å². The van der Waals surface area contributed by atoms with E-state index < -0.39 is 17.7 Å². The summed E-state index contributed by atoms with van der Waals surface area (Å²) in [4.78, 5) is 29.3. The Kier molecular flexibility index (Phi) is 10.1. The van der Waals surface area contributed by atoms with Crippen LogP contribution >= 0.6 is 0 Å². The normalized spacial score (nSPS) is 20.1. The van der Waals surface area contributed by atoms with E-state index in [9.17, 15) is 24.9 Å². The van der Waals surface area contributed by atoms with Gasteiger partial charge in [-0.3, -0.25) is 4.79 Å². The second kappa shape index (κ2) is 15.0. The lowest BCUT2D eigenvalue weighted by atomic mass is 9.63. The molecule has 1 aromatic heterocycles. The minimum atomic E-state index is -1.04. The highest BCUT2D eigenvalue weighted by Crippen LogP contribution is 2.47. The summed E-state index contributed by atoms with van der Waals surface area (Å²) >= 11 is 0. The number of aliphatic hydroxyl groups is 1. The number of phenolic OH excluding ortho intramolecular Hbond substituents is 1. The fourth-order valence-electron chi connectivity index (χ4n) is 8.09. The van der Waals surface area contributed by atoms with E-state index in [1.807, 2.05) is 66.7 Å². The predicted octanol–water partition coefficient (Wildman–Crippen LogP) is 5.53. The van der Waals surface area contributed by atoms with Crippen molar-refractivity contribution >= 4 is 17.0 Å². The van der Waals surface area contributed by atoms with Crippen LogP contribution < -0.4 is 20.9 Å². The van der Waals surface area contributed by atoms with Crippen molar-refractivity contribution < 1.29 is 24.9 Å². The Morgan fingerprint density at radius 3 is 2.39 bits per heavy atom. The molecule has 6 N–H and O–H groups in total. The summed E-state index contributed by atoms with van der Waals surface area (Å²) in [6.45, 7) is 4.29. The molecule has 0 spiro atoms. The minimum Gasteiger partial charge on any atom is -0.506 e. The van der Waals surface area contributed by atoms with Crippen LogP contribution in [0.5, 0.6) is 11.5 Å². The van der Waals surface area contributed by atoms with E-state index in [1.54, 1.807) is 12.1 Å². The molecule has 0 radical (unpaired) electrons. The number of nitrogens with one attached hydrogen (secondary N) is 3. The highest BCUT2D eigenvalue weighted by atomic mass is 16.5. The Hall–Kier alpha value is -5.16. The monoisotopic (exact) mass is 688 g/mol. The standard InChI is InChI=1S/C41H44N4O6/c46-36-15-13-33(34-14-16-38(48)43-39(34)36)37(47)24-42-20-17-27-9-11-28(12-10-27)26-51-32-8-4-7-31(23-32)41(44-40(49)50,30-5-2-1-3-6-30)35-25-45-21-18-29(35)19-22-45/h1-16,23,29,35,37,42,44,46-47H,17-22,24-26H2,(H,43,48)(H,49,50). The summed E-state index contributed by atoms with van der Waals surface area (Å²) in [5.41, 5.74) is 3.69. The number of carboxylic acid groups (broad SMARTS) is 1. The zero-order valence-corrected chi connectivity index (χ0v) is 28.4. The van der Waals surface area contributed by atoms with Gasteiger partial charge in [0.15, 0.2) is 0 Å². The van der Waals surface area contributed by atoms with Crippen LogP contribution in [0.2, 0.25) is 0 Å². The van der Waals surface area contributed by atoms with Gasteiger partial charge >= 0.3 is 6.09 Å². The zero-order chi connectivity index (χ0) is 35.4. The molecule has 10 nitrogen and oxygen atoms in total. The highest BCUT2D eigenvalue weighted by Gasteiger charge is 2.50. The maximum Gasteiger partial charge on any atom is 0.405 e. The molecule has 4 heterocycles. The third-order valence-electron chi connectivity index (χ3n) is 10.7. The molecule has 3 saturated heterocycles. The summed E-state index contributed by atoms with van der Waals surface area (Å²) < 4.78 is 6.31. The number of aromatic amines is 1. The molecule has 10 heteroatoms. The van der Waals surface area contributed by atoms with Crippen molar-refractivity contribution in [1.29, 1.82) is 0 Å². The van der Waals surface area contributed by atoms with Crippen molar-refractivity contribution in [2.45, 2.75) is 37.5 Å². The predicted molar refractivity (Wildman–Crippen MR) is 196 cm³/mol. The lowest BCUT2D eigenvalue weighted by molar-refractivity contribution is 0.00716. The number of rotatable bonds is 13. The van der Waals surface area contributed by atoms with Crippen molar-refractivity contribution in [3.63, 3.8) is 0 Å². The number of fused-ring (bicyclic) bond motifs is 4. The molecule has 1 amide bonds. The van der Waals surface area contributed by atoms with Crippen LogP contribution in [-0.4, -0.2) is 64.0 Å². The molecule has 2 bridgehead atoms. The molecule has 3 aliphatic heterocycles. The Bertz CT molecular complexity index is 2030. The van der Waals surface area contributed by atoms with Gasteiger partial charge in [-0.05, 0) is 96.9 Å². The Balaban J connectivity index is 0.990. The van der Waals surface area contributed by atoms with Crippen LogP contribution in [0, 0.1) is 11.8 Å². The first-order chi connectivity index (χ1) is 24.8. The molecule has 8 rings (SSSR count). The number of H-pyrrole nitrogens is 1. The van der Waals surface area contributed by atoms with Gasteiger partial charge in [-0.15, -0.1) is 0 Å². The van der Waals surface area contributed by atoms with Crippen molar-refractivity contribution in [2.24, 2.45) is 11.8 Å². The largest absolute Gasteiger partial charge is 0.506 e. The molecule has 264 valence electrons. The summed E-state index contributed by atoms with van der Waals surface area (Å²) in [5, 5.41) is 38.1. The first-order valence-corrected chi connectivity index (χ1v) is 17.6. The first kappa shape index (κ1) is 34.3. The van der Waals surface area contributed by atoms with Crippen LogP contribution in [0.4, 0.5) is 4.79 Å². The number of nitrogens with zero attached hydrogens (tertiary/aromatic N) is 1. The fourth-order valence-corrected chi connectivity index (χ4v) is 8.09. The zero-order valence-electron chi connectivity index (χ0n) is 28.4. The third kappa shape index (κ3) is 7.35. The number of aromatic nitrogens is 1. The molecular weight excluding hydrogens is 644 g/mol. The molecule has 3 atom stereocenters. The quantitative estimate of drug-likeness (QED) is 0.0886. The number of piperidine rings is 3. The van der Waals surface area contributed by atoms with Gasteiger partial charge in [0.1, 0.15) is 18.1 Å². The molecule has 4 aromatic carbocycles. The molecular formula is C41H44N4O6. The van der Waals surface area contributed by atoms with Gasteiger partial charge in [0.2, 0.25) is 5.56 Å². The SMILES string of the molecule is O=C(O)NC(c1ccccc1)(c1cccc(OCc2ccc(CCNCC(O)c3ccc(O)c4[nH]c(=O)ccc34)cc2)c1)C1CN2CCC1CC2. The van der Waals surface area contributed by atoms with Crippen molar-refractivity contribution in [1.82, 2.24) is 20.5 Å². The van der Waals surface area contributed by atoms with E-state index in [4.69, 9.17) is 4.74 Å². The van der Waals surface area contributed by atoms with Crippen LogP contribution in [0.3, 0.4) is 0 Å². The number of benzene rings is 4. The van der Waals surface area contributed by atoms with Gasteiger partial charge in [0.25, 0.3) is 0 Å². The van der Waals surface area contributed by atoms with E-state index in [1.165, 1.54) is 12.1 Å². The average Bonchev–Trinajstić information content (AvgIpc) is 3.16. The number of carbonyl (C=O) groups is 1. The van der Waals surface area contributed by atoms with Gasteiger partial charge in [-0.2, -0.15) is 0 Å². The fraction of sp³-hybridized carbons (Fsp3) is 0.317. The van der Waals surface area contributed by atoms with Gasteiger partial charge in [-0.25, -0.2) is 4.79 Å². The second-order valence-corrected chi connectivity index (χ2v) is 13.7. The van der Waals surface area contributed by atoms with Crippen LogP contribution in [0.25, 0.3) is 10.9 Å². The lowest BCUT2D eigenvalue weighted by Gasteiger charge is -2.53. The number of aromatic hydroxyl groups is 1. The number of amides is 1. The van der Waals surface area contributed by atoms with Crippen LogP contribution in [-0.2, 0) is 18.6 Å². The van der Waals surface area contributed by atoms with Crippen LogP contribution in [0.15, 0.2) is 108 Å². The highest BCUT2D eigenvalue weighted by molar-refractivity contribution is 5.87. The molecule has 3 fully saturated rings. The molecule has 3 aliphatic rings. The smallest absolute Gasteiger partial charge is 0.405 e. The number of pyridine rings is 1. The van der Waals surface area contributed by atoms with Gasteiger partial charge in [0, 0.05) is 30.5 Å². The molecule has 3 unspecified atom stereocenters. The number of ether oxygens (including phenoxy) is 1. The van der Waals surface area contributed by atoms with Crippen LogP contribution in [0.1, 0.15) is 46.8 Å². The maximum atomic E-state index is 12.5. The lowest BCUT2D eigenvalue weighted by Crippen LogP contribution is -2.61. The summed E-state index contributed by atoms with van der Waals surface area (Å²) in [6.07, 6.45) is 1.03. The van der Waals surface area contributed by atoms with Gasteiger partial charge in [0.05, 0.1) is 17.2 Å². The Labute approximate surface area is 296 Å². The first-order valence-electron chi connectivity index (χ1n) is 17.6. The van der Waals surface area contributed by atoms with E-state index in [2.05, 4.69) is 32.7 Å². The Morgan fingerprint density at radius 1 is 0.922 bits per heavy atom. The van der Waals surface area contributed by atoms with Crippen molar-refractivity contribution in [3.05, 3.63) is 141 Å². The maximum absolute atomic E-state index is 12.5. The van der Waals surface area contributed by atoms with E-state index >= 15 is 0 Å².